The molecule has 0 saturated heterocycles. The van der Waals surface area contributed by atoms with E-state index in [0.29, 0.717) is 6.61 Å². The smallest absolute Gasteiger partial charge is 0.203 e. The molecule has 0 bridgehead atoms. The van der Waals surface area contributed by atoms with Crippen LogP contribution in [0.1, 0.15) is 119 Å². The molecule has 2 nitrogen and oxygen atoms in total. The van der Waals surface area contributed by atoms with Crippen molar-refractivity contribution in [2.75, 3.05) is 18.9 Å². The molecule has 3 heteroatoms. The lowest BCUT2D eigenvalue weighted by Gasteiger charge is -2.19. The van der Waals surface area contributed by atoms with Crippen molar-refractivity contribution in [2.45, 2.75) is 119 Å². The summed E-state index contributed by atoms with van der Waals surface area (Å²) < 4.78 is 19.4. The summed E-state index contributed by atoms with van der Waals surface area (Å²) in [6, 6.07) is 0. The lowest BCUT2D eigenvalue weighted by molar-refractivity contribution is 0.298. The van der Waals surface area contributed by atoms with Gasteiger partial charge in [-0.2, -0.15) is 0 Å². The summed E-state index contributed by atoms with van der Waals surface area (Å²) in [7, 11) is -2.41. The first-order chi connectivity index (χ1) is 12.7. The van der Waals surface area contributed by atoms with E-state index in [4.69, 9.17) is 4.52 Å². The Morgan fingerprint density at radius 2 is 0.926 bits per heavy atom. The van der Waals surface area contributed by atoms with Crippen molar-refractivity contribution >= 4 is 7.37 Å². The molecule has 0 aliphatic rings. The molecule has 0 fully saturated rings. The van der Waals surface area contributed by atoms with Crippen LogP contribution in [0.2, 0.25) is 0 Å². The Hall–Kier alpha value is 0.190. The van der Waals surface area contributed by atoms with Crippen molar-refractivity contribution in [1.82, 2.24) is 0 Å². The fraction of sp³-hybridized carbons (Fsp3) is 1.00. The molecule has 0 spiro atoms. The molecule has 27 heavy (non-hydrogen) atoms. The van der Waals surface area contributed by atoms with Crippen LogP contribution in [0.4, 0.5) is 0 Å². The monoisotopic (exact) mass is 402 g/mol. The molecule has 0 atom stereocenters. The normalized spacial score (nSPS) is 12.6. The summed E-state index contributed by atoms with van der Waals surface area (Å²) in [6.45, 7) is 14.4. The number of unbranched alkanes of at least 4 members (excludes halogenated alkanes) is 6. The molecule has 0 aliphatic heterocycles. The van der Waals surface area contributed by atoms with Crippen LogP contribution in [0, 0.1) is 17.8 Å². The van der Waals surface area contributed by atoms with Gasteiger partial charge in [0.2, 0.25) is 7.37 Å². The summed E-state index contributed by atoms with van der Waals surface area (Å²) in [5, 5.41) is 0. The van der Waals surface area contributed by atoms with Crippen LogP contribution < -0.4 is 0 Å². The van der Waals surface area contributed by atoms with Gasteiger partial charge in [0.1, 0.15) is 0 Å². The first-order valence-corrected chi connectivity index (χ1v) is 14.0. The van der Waals surface area contributed by atoms with Crippen LogP contribution in [-0.2, 0) is 9.09 Å². The van der Waals surface area contributed by atoms with Crippen LogP contribution in [0.5, 0.6) is 0 Å². The summed E-state index contributed by atoms with van der Waals surface area (Å²) in [5.74, 6) is 2.34. The minimum absolute atomic E-state index is 0.702. The largest absolute Gasteiger partial charge is 0.328 e. The SMILES string of the molecule is CC(C)CCCCCOP(=O)(CCCCCC(C)C)CCCCCC(C)C. The highest BCUT2D eigenvalue weighted by Crippen LogP contribution is 2.49. The molecular weight excluding hydrogens is 351 g/mol. The van der Waals surface area contributed by atoms with Crippen molar-refractivity contribution < 1.29 is 9.09 Å². The molecule has 0 aromatic heterocycles. The molecule has 0 aromatic carbocycles. The van der Waals surface area contributed by atoms with Gasteiger partial charge >= 0.3 is 0 Å². The lowest BCUT2D eigenvalue weighted by Crippen LogP contribution is -2.03. The molecule has 0 aliphatic carbocycles. The zero-order valence-electron chi connectivity index (χ0n) is 19.6. The predicted molar refractivity (Wildman–Crippen MR) is 123 cm³/mol. The topological polar surface area (TPSA) is 26.3 Å². The van der Waals surface area contributed by atoms with E-state index in [9.17, 15) is 4.57 Å². The van der Waals surface area contributed by atoms with Crippen molar-refractivity contribution in [3.8, 4) is 0 Å². The van der Waals surface area contributed by atoms with E-state index in [2.05, 4.69) is 41.5 Å². The van der Waals surface area contributed by atoms with E-state index in [-0.39, 0.29) is 0 Å². The van der Waals surface area contributed by atoms with E-state index in [1.54, 1.807) is 0 Å². The van der Waals surface area contributed by atoms with Crippen LogP contribution in [-0.4, -0.2) is 18.9 Å². The predicted octanol–water partition coefficient (Wildman–Crippen LogP) is 8.93. The average molecular weight is 403 g/mol. The molecule has 0 unspecified atom stereocenters. The van der Waals surface area contributed by atoms with E-state index in [1.165, 1.54) is 57.8 Å². The summed E-state index contributed by atoms with van der Waals surface area (Å²) >= 11 is 0. The zero-order chi connectivity index (χ0) is 20.5. The first kappa shape index (κ1) is 27.2. The molecule has 0 rings (SSSR count). The fourth-order valence-electron chi connectivity index (χ4n) is 3.47. The highest BCUT2D eigenvalue weighted by Gasteiger charge is 2.22. The molecule has 0 amide bonds. The fourth-order valence-corrected chi connectivity index (χ4v) is 5.82. The third-order valence-corrected chi connectivity index (χ3v) is 7.96. The Morgan fingerprint density at radius 1 is 0.556 bits per heavy atom. The third-order valence-electron chi connectivity index (χ3n) is 5.31. The second kappa shape index (κ2) is 17.1. The Balaban J connectivity index is 4.15. The summed E-state index contributed by atoms with van der Waals surface area (Å²) in [6.07, 6.45) is 16.1. The second-order valence-corrected chi connectivity index (χ2v) is 12.6. The standard InChI is InChI=1S/C24H51O2P/c1-22(2)16-10-7-13-19-26-27(25,20-14-8-11-17-23(3)4)21-15-9-12-18-24(5)6/h22-24H,7-21H2,1-6H3. The van der Waals surface area contributed by atoms with Gasteiger partial charge in [0, 0.05) is 12.3 Å². The molecule has 0 radical (unpaired) electrons. The van der Waals surface area contributed by atoms with Gasteiger partial charge in [0.05, 0.1) is 6.61 Å². The molecular formula is C24H51O2P. The highest BCUT2D eigenvalue weighted by molar-refractivity contribution is 7.58. The highest BCUT2D eigenvalue weighted by atomic mass is 31.2. The van der Waals surface area contributed by atoms with Crippen LogP contribution in [0.3, 0.4) is 0 Å². The average Bonchev–Trinajstić information content (AvgIpc) is 2.56. The van der Waals surface area contributed by atoms with Crippen molar-refractivity contribution in [3.05, 3.63) is 0 Å². The number of rotatable bonds is 19. The van der Waals surface area contributed by atoms with Crippen molar-refractivity contribution in [2.24, 2.45) is 17.8 Å². The van der Waals surface area contributed by atoms with Gasteiger partial charge < -0.3 is 4.52 Å². The Kier molecular flexibility index (Phi) is 17.2. The van der Waals surface area contributed by atoms with E-state index >= 15 is 0 Å². The molecule has 0 heterocycles. The van der Waals surface area contributed by atoms with Gasteiger partial charge in [-0.1, -0.05) is 99.3 Å². The first-order valence-electron chi connectivity index (χ1n) is 12.0. The number of hydrogen-bond donors (Lipinski definition) is 0. The van der Waals surface area contributed by atoms with E-state index in [0.717, 1.165) is 49.3 Å². The molecule has 0 aromatic rings. The van der Waals surface area contributed by atoms with Gasteiger partial charge in [-0.05, 0) is 37.0 Å². The minimum Gasteiger partial charge on any atom is -0.328 e. The molecule has 0 saturated carbocycles. The van der Waals surface area contributed by atoms with Gasteiger partial charge in [0.15, 0.2) is 0 Å². The Labute approximate surface area is 172 Å². The maximum Gasteiger partial charge on any atom is 0.203 e. The maximum atomic E-state index is 13.3. The minimum atomic E-state index is -2.41. The van der Waals surface area contributed by atoms with Gasteiger partial charge in [0.25, 0.3) is 0 Å². The Bertz CT molecular complexity index is 341. The molecule has 0 N–H and O–H groups in total. The van der Waals surface area contributed by atoms with Crippen LogP contribution in [0.15, 0.2) is 0 Å². The van der Waals surface area contributed by atoms with Crippen LogP contribution >= 0.6 is 7.37 Å². The maximum absolute atomic E-state index is 13.3. The van der Waals surface area contributed by atoms with Crippen molar-refractivity contribution in [1.29, 1.82) is 0 Å². The lowest BCUT2D eigenvalue weighted by atomic mass is 10.1. The van der Waals surface area contributed by atoms with Crippen molar-refractivity contribution in [3.63, 3.8) is 0 Å². The van der Waals surface area contributed by atoms with E-state index < -0.39 is 7.37 Å². The Morgan fingerprint density at radius 3 is 1.30 bits per heavy atom. The third kappa shape index (κ3) is 19.3. The molecule has 164 valence electrons. The quantitative estimate of drug-likeness (QED) is 0.159. The van der Waals surface area contributed by atoms with Gasteiger partial charge in [-0.25, -0.2) is 0 Å². The number of hydrogen-bond acceptors (Lipinski definition) is 2. The second-order valence-electron chi connectivity index (χ2n) is 9.82. The summed E-state index contributed by atoms with van der Waals surface area (Å²) in [4.78, 5) is 0. The van der Waals surface area contributed by atoms with E-state index in [1.807, 2.05) is 0 Å². The van der Waals surface area contributed by atoms with Gasteiger partial charge in [-0.15, -0.1) is 0 Å². The van der Waals surface area contributed by atoms with Gasteiger partial charge in [-0.3, -0.25) is 4.57 Å². The summed E-state index contributed by atoms with van der Waals surface area (Å²) in [5.41, 5.74) is 0. The van der Waals surface area contributed by atoms with Crippen LogP contribution in [0.25, 0.3) is 0 Å². The zero-order valence-corrected chi connectivity index (χ0v) is 20.5.